The van der Waals surface area contributed by atoms with Crippen LogP contribution < -0.4 is 14.8 Å². The number of hydrogen-bond donors (Lipinski definition) is 2. The van der Waals surface area contributed by atoms with Crippen LogP contribution in [0.5, 0.6) is 17.2 Å². The van der Waals surface area contributed by atoms with Crippen molar-refractivity contribution in [2.75, 3.05) is 18.6 Å². The van der Waals surface area contributed by atoms with Crippen molar-refractivity contribution in [1.82, 2.24) is 4.98 Å². The van der Waals surface area contributed by atoms with E-state index in [2.05, 4.69) is 15.0 Å². The number of alkyl halides is 3. The van der Waals surface area contributed by atoms with Gasteiger partial charge >= 0.3 is 6.18 Å². The lowest BCUT2D eigenvalue weighted by Crippen LogP contribution is -2.15. The van der Waals surface area contributed by atoms with E-state index in [0.717, 1.165) is 30.7 Å². The Bertz CT molecular complexity index is 1470. The number of benzene rings is 2. The lowest BCUT2D eigenvalue weighted by molar-refractivity contribution is -0.137. The monoisotopic (exact) mass is 520 g/mol. The fourth-order valence-corrected chi connectivity index (χ4v) is 3.58. The third-order valence-electron chi connectivity index (χ3n) is 4.25. The van der Waals surface area contributed by atoms with Crippen molar-refractivity contribution in [2.24, 2.45) is 0 Å². The van der Waals surface area contributed by atoms with Gasteiger partial charge in [0.2, 0.25) is 0 Å². The van der Waals surface area contributed by atoms with Crippen LogP contribution >= 0.6 is 11.6 Å². The van der Waals surface area contributed by atoms with Crippen LogP contribution in [0.15, 0.2) is 53.7 Å². The van der Waals surface area contributed by atoms with Gasteiger partial charge in [0.05, 0.1) is 37.0 Å². The fourth-order valence-electron chi connectivity index (χ4n) is 2.70. The summed E-state index contributed by atoms with van der Waals surface area (Å²) in [5.41, 5.74) is -1.89. The van der Waals surface area contributed by atoms with E-state index < -0.39 is 68.1 Å². The van der Waals surface area contributed by atoms with Crippen LogP contribution in [-0.4, -0.2) is 28.4 Å². The Balaban J connectivity index is 2.10. The first-order chi connectivity index (χ1) is 16.9. The summed E-state index contributed by atoms with van der Waals surface area (Å²) in [4.78, 5) is 16.8. The molecule has 2 aromatic carbocycles. The highest BCUT2D eigenvalue weighted by Crippen LogP contribution is 2.41. The number of nitrogens with zero attached hydrogens (tertiary/aromatic N) is 1. The first-order valence-corrected chi connectivity index (χ1v) is 11.4. The highest BCUT2D eigenvalue weighted by molar-refractivity contribution is 7.91. The highest BCUT2D eigenvalue weighted by atomic mass is 35.5. The summed E-state index contributed by atoms with van der Waals surface area (Å²) >= 11 is 5.78. The number of aromatic nitrogens is 1. The Morgan fingerprint density at radius 1 is 1.18 bits per heavy atom. The summed E-state index contributed by atoms with van der Waals surface area (Å²) < 4.78 is 106. The second kappa shape index (κ2) is 9.47. The van der Waals surface area contributed by atoms with Crippen LogP contribution in [0.25, 0.3) is 0 Å². The summed E-state index contributed by atoms with van der Waals surface area (Å²) in [6, 6.07) is 5.90. The van der Waals surface area contributed by atoms with Crippen LogP contribution in [0.1, 0.15) is 20.0 Å². The molecule has 1 amide bonds. The standard InChI is InChI=1S/C21H16ClF4N3O4S/c1-32-18-7-11(23)3-4-16(18)33-17-10-14(21(24,25)26)15(22)9-13(17)20(30)29-12-5-6-28-19(8-12)34(2,27)31/h3-10,27H,1-2H3,(H,28,29,30)/i1D3. The maximum absolute atomic E-state index is 13.7. The molecule has 2 N–H and O–H groups in total. The number of pyridine rings is 1. The SMILES string of the molecule is [2H]C([2H])([2H])Oc1cc(F)ccc1Oc1cc(C(F)(F)F)c(Cl)cc1C(=O)Nc1ccnc(S(C)(=N)=O)c1. The Kier molecular flexibility index (Phi) is 5.90. The van der Waals surface area contributed by atoms with Crippen LogP contribution in [-0.2, 0) is 15.9 Å². The third kappa shape index (κ3) is 5.75. The number of hydrogen-bond acceptors (Lipinski definition) is 6. The van der Waals surface area contributed by atoms with E-state index in [0.29, 0.717) is 18.2 Å². The molecule has 1 unspecified atom stereocenters. The van der Waals surface area contributed by atoms with Crippen molar-refractivity contribution in [1.29, 1.82) is 4.78 Å². The molecule has 1 atom stereocenters. The normalized spacial score (nSPS) is 14.8. The predicted molar refractivity (Wildman–Crippen MR) is 117 cm³/mol. The Hall–Kier alpha value is -3.38. The van der Waals surface area contributed by atoms with Gasteiger partial charge in [-0.1, -0.05) is 11.6 Å². The quantitative estimate of drug-likeness (QED) is 0.389. The van der Waals surface area contributed by atoms with Gasteiger partial charge in [0, 0.05) is 24.2 Å². The van der Waals surface area contributed by atoms with E-state index in [4.69, 9.17) is 25.2 Å². The molecule has 0 aliphatic rings. The maximum Gasteiger partial charge on any atom is 0.417 e. The number of rotatable bonds is 6. The topological polar surface area (TPSA) is 101 Å². The summed E-state index contributed by atoms with van der Waals surface area (Å²) in [6.07, 6.45) is -2.69. The van der Waals surface area contributed by atoms with Crippen molar-refractivity contribution in [3.05, 3.63) is 70.6 Å². The molecule has 1 aromatic heterocycles. The van der Waals surface area contributed by atoms with Crippen LogP contribution in [0.2, 0.25) is 5.02 Å². The molecule has 0 bridgehead atoms. The van der Waals surface area contributed by atoms with Crippen molar-refractivity contribution in [2.45, 2.75) is 11.2 Å². The second-order valence-corrected chi connectivity index (χ2v) is 9.31. The molecule has 0 fully saturated rings. The van der Waals surface area contributed by atoms with Crippen LogP contribution in [0.3, 0.4) is 0 Å². The zero-order chi connectivity index (χ0) is 27.8. The van der Waals surface area contributed by atoms with E-state index in [1.807, 2.05) is 0 Å². The number of anilines is 1. The molecule has 0 saturated heterocycles. The molecule has 7 nitrogen and oxygen atoms in total. The molecule has 0 aliphatic heterocycles. The zero-order valence-electron chi connectivity index (χ0n) is 20.0. The number of nitrogens with one attached hydrogen (secondary N) is 2. The number of amides is 1. The predicted octanol–water partition coefficient (Wildman–Crippen LogP) is 5.98. The minimum atomic E-state index is -4.96. The minimum Gasteiger partial charge on any atom is -0.493 e. The van der Waals surface area contributed by atoms with Gasteiger partial charge in [0.15, 0.2) is 11.5 Å². The van der Waals surface area contributed by atoms with E-state index in [-0.39, 0.29) is 10.7 Å². The van der Waals surface area contributed by atoms with Crippen molar-refractivity contribution in [3.8, 4) is 17.2 Å². The Morgan fingerprint density at radius 3 is 2.56 bits per heavy atom. The number of carbonyl (C=O) groups excluding carboxylic acids is 1. The van der Waals surface area contributed by atoms with Gasteiger partial charge in [-0.15, -0.1) is 0 Å². The lowest BCUT2D eigenvalue weighted by atomic mass is 10.1. The molecule has 3 aromatic rings. The molecule has 3 rings (SSSR count). The van der Waals surface area contributed by atoms with Gasteiger partial charge in [0.25, 0.3) is 5.91 Å². The van der Waals surface area contributed by atoms with Gasteiger partial charge in [-0.25, -0.2) is 18.4 Å². The van der Waals surface area contributed by atoms with Crippen molar-refractivity contribution < 1.29 is 40.2 Å². The lowest BCUT2D eigenvalue weighted by Gasteiger charge is -2.17. The number of ether oxygens (including phenoxy) is 2. The van der Waals surface area contributed by atoms with E-state index in [9.17, 15) is 26.6 Å². The second-order valence-electron chi connectivity index (χ2n) is 6.80. The average Bonchev–Trinajstić information content (AvgIpc) is 2.74. The molecule has 0 aliphatic carbocycles. The summed E-state index contributed by atoms with van der Waals surface area (Å²) in [5.74, 6) is -3.84. The Labute approximate surface area is 200 Å². The number of carbonyl (C=O) groups is 1. The first-order valence-electron chi connectivity index (χ1n) is 10.5. The molecule has 0 spiro atoms. The number of methoxy groups -OCH3 is 1. The van der Waals surface area contributed by atoms with Gasteiger partial charge in [-0.2, -0.15) is 13.2 Å². The largest absolute Gasteiger partial charge is 0.493 e. The summed E-state index contributed by atoms with van der Waals surface area (Å²) in [5, 5.41) is 1.35. The van der Waals surface area contributed by atoms with Crippen LogP contribution in [0, 0.1) is 10.6 Å². The van der Waals surface area contributed by atoms with E-state index >= 15 is 0 Å². The maximum atomic E-state index is 13.7. The van der Waals surface area contributed by atoms with Crippen molar-refractivity contribution >= 4 is 32.9 Å². The molecule has 1 heterocycles. The van der Waals surface area contributed by atoms with E-state index in [1.54, 1.807) is 0 Å². The molecule has 34 heavy (non-hydrogen) atoms. The molecular formula is C21H16ClF4N3O4S. The fraction of sp³-hybridized carbons (Fsp3) is 0.143. The smallest absolute Gasteiger partial charge is 0.417 e. The highest BCUT2D eigenvalue weighted by Gasteiger charge is 2.35. The summed E-state index contributed by atoms with van der Waals surface area (Å²) in [7, 11) is -6.31. The molecule has 13 heteroatoms. The minimum absolute atomic E-state index is 0.00648. The van der Waals surface area contributed by atoms with Gasteiger partial charge < -0.3 is 14.8 Å². The van der Waals surface area contributed by atoms with Gasteiger partial charge in [-0.05, 0) is 36.4 Å². The van der Waals surface area contributed by atoms with Crippen molar-refractivity contribution in [3.63, 3.8) is 0 Å². The molecular weight excluding hydrogens is 502 g/mol. The van der Waals surface area contributed by atoms with E-state index in [1.165, 1.54) is 6.07 Å². The molecule has 180 valence electrons. The van der Waals surface area contributed by atoms with Crippen LogP contribution in [0.4, 0.5) is 23.2 Å². The average molecular weight is 521 g/mol. The molecule has 0 saturated carbocycles. The number of halogens is 5. The van der Waals surface area contributed by atoms with Gasteiger partial charge in [-0.3, -0.25) is 4.79 Å². The summed E-state index contributed by atoms with van der Waals surface area (Å²) in [6.45, 7) is 0. The third-order valence-corrected chi connectivity index (χ3v) is 5.58. The van der Waals surface area contributed by atoms with Gasteiger partial charge in [0.1, 0.15) is 16.6 Å². The Morgan fingerprint density at radius 2 is 1.91 bits per heavy atom. The molecule has 0 radical (unpaired) electrons. The first kappa shape index (κ1) is 21.2. The zero-order valence-corrected chi connectivity index (χ0v) is 18.6.